The fraction of sp³-hybridized carbons (Fsp3) is 0.118. The van der Waals surface area contributed by atoms with Gasteiger partial charge in [0.1, 0.15) is 6.04 Å². The molecule has 0 aliphatic carbocycles. The highest BCUT2D eigenvalue weighted by molar-refractivity contribution is 7.14. The molecular formula is C17H15ClN2S. The number of benzene rings is 1. The topological polar surface area (TPSA) is 24.4 Å². The largest absolute Gasteiger partial charge is 0.346 e. The summed E-state index contributed by atoms with van der Waals surface area (Å²) >= 11 is 7.77. The first-order valence-electron chi connectivity index (χ1n) is 6.61. The third kappa shape index (κ3) is 2.33. The minimum absolute atomic E-state index is 0.0310. The van der Waals surface area contributed by atoms with Crippen molar-refractivity contribution in [1.29, 1.82) is 0 Å². The summed E-state index contributed by atoms with van der Waals surface area (Å²) in [6.07, 6.45) is 3.61. The molecule has 1 aromatic heterocycles. The number of fused-ring (bicyclic) bond motifs is 1. The van der Waals surface area contributed by atoms with E-state index in [-0.39, 0.29) is 6.04 Å². The molecule has 1 aliphatic rings. The van der Waals surface area contributed by atoms with Gasteiger partial charge in [-0.3, -0.25) is 4.99 Å². The van der Waals surface area contributed by atoms with Crippen LogP contribution in [-0.2, 0) is 0 Å². The van der Waals surface area contributed by atoms with Gasteiger partial charge in [0.25, 0.3) is 0 Å². The van der Waals surface area contributed by atoms with Crippen molar-refractivity contribution in [2.24, 2.45) is 4.99 Å². The van der Waals surface area contributed by atoms with Gasteiger partial charge < -0.3 is 5.32 Å². The Labute approximate surface area is 133 Å². The number of nitrogens with zero attached hydrogens (tertiary/aromatic N) is 1. The van der Waals surface area contributed by atoms with Gasteiger partial charge in [-0.05, 0) is 18.6 Å². The first-order chi connectivity index (χ1) is 10.1. The molecule has 0 radical (unpaired) electrons. The number of anilines is 1. The molecule has 2 heterocycles. The van der Waals surface area contributed by atoms with Gasteiger partial charge in [-0.15, -0.1) is 11.3 Å². The lowest BCUT2D eigenvalue weighted by atomic mass is 9.93. The summed E-state index contributed by atoms with van der Waals surface area (Å²) in [7, 11) is 0. The van der Waals surface area contributed by atoms with Crippen molar-refractivity contribution in [3.63, 3.8) is 0 Å². The highest BCUT2D eigenvalue weighted by atomic mass is 35.5. The number of aliphatic imine (C=N–C) groups is 1. The Kier molecular flexibility index (Phi) is 3.70. The van der Waals surface area contributed by atoms with E-state index in [1.807, 2.05) is 18.2 Å². The summed E-state index contributed by atoms with van der Waals surface area (Å²) < 4.78 is 0. The maximum Gasteiger partial charge on any atom is 0.105 e. The second-order valence-electron chi connectivity index (χ2n) is 4.84. The first-order valence-corrected chi connectivity index (χ1v) is 7.80. The maximum absolute atomic E-state index is 6.13. The molecule has 1 aromatic carbocycles. The maximum atomic E-state index is 6.13. The quantitative estimate of drug-likeness (QED) is 0.800. The van der Waals surface area contributed by atoms with Crippen molar-refractivity contribution in [3.8, 4) is 0 Å². The Hall–Kier alpha value is -1.84. The molecule has 1 atom stereocenters. The monoisotopic (exact) mass is 314 g/mol. The van der Waals surface area contributed by atoms with Crippen LogP contribution in [0.25, 0.3) is 11.1 Å². The van der Waals surface area contributed by atoms with E-state index in [2.05, 4.69) is 42.5 Å². The van der Waals surface area contributed by atoms with E-state index in [0.29, 0.717) is 5.03 Å². The van der Waals surface area contributed by atoms with Crippen LogP contribution in [0.2, 0.25) is 0 Å². The molecule has 0 fully saturated rings. The van der Waals surface area contributed by atoms with Crippen LogP contribution in [0, 0.1) is 6.92 Å². The Morgan fingerprint density at radius 2 is 2.19 bits per heavy atom. The van der Waals surface area contributed by atoms with Gasteiger partial charge in [-0.2, -0.15) is 0 Å². The van der Waals surface area contributed by atoms with Gasteiger partial charge in [0.15, 0.2) is 0 Å². The SMILES string of the molecule is C=Cc1c(C(=C)Cl)sc(C)c1C1N=CNc2ccccc21. The fourth-order valence-corrected chi connectivity index (χ4v) is 3.95. The van der Waals surface area contributed by atoms with E-state index in [4.69, 9.17) is 11.6 Å². The van der Waals surface area contributed by atoms with Crippen LogP contribution in [0.3, 0.4) is 0 Å². The van der Waals surface area contributed by atoms with E-state index >= 15 is 0 Å². The number of para-hydroxylation sites is 1. The average molecular weight is 315 g/mol. The molecule has 0 bridgehead atoms. The molecule has 0 amide bonds. The number of thiophene rings is 1. The highest BCUT2D eigenvalue weighted by Crippen LogP contribution is 2.43. The standard InChI is InChI=1S/C17H15ClN2S/c1-4-12-15(11(3)21-17(12)10(2)18)16-13-7-5-6-8-14(13)19-9-20-16/h4-9,16H,1-2H2,3H3,(H,19,20). The second-order valence-corrected chi connectivity index (χ2v) is 6.52. The minimum atomic E-state index is -0.0310. The summed E-state index contributed by atoms with van der Waals surface area (Å²) in [6, 6.07) is 8.18. The van der Waals surface area contributed by atoms with E-state index in [1.165, 1.54) is 4.88 Å². The highest BCUT2D eigenvalue weighted by Gasteiger charge is 2.26. The van der Waals surface area contributed by atoms with Crippen LogP contribution in [0.5, 0.6) is 0 Å². The normalized spacial score (nSPS) is 16.2. The first kappa shape index (κ1) is 14.1. The van der Waals surface area contributed by atoms with E-state index in [1.54, 1.807) is 17.7 Å². The zero-order chi connectivity index (χ0) is 15.0. The molecule has 0 spiro atoms. The van der Waals surface area contributed by atoms with Gasteiger partial charge in [-0.25, -0.2) is 0 Å². The third-order valence-electron chi connectivity index (χ3n) is 3.59. The molecule has 2 nitrogen and oxygen atoms in total. The van der Waals surface area contributed by atoms with E-state index in [9.17, 15) is 0 Å². The van der Waals surface area contributed by atoms with Crippen LogP contribution in [0.4, 0.5) is 5.69 Å². The van der Waals surface area contributed by atoms with E-state index in [0.717, 1.165) is 27.3 Å². The molecule has 21 heavy (non-hydrogen) atoms. The molecular weight excluding hydrogens is 300 g/mol. The third-order valence-corrected chi connectivity index (χ3v) is 5.09. The Balaban J connectivity index is 2.21. The Morgan fingerprint density at radius 1 is 1.43 bits per heavy atom. The van der Waals surface area contributed by atoms with Gasteiger partial charge in [0, 0.05) is 21.7 Å². The molecule has 4 heteroatoms. The molecule has 2 aromatic rings. The smallest absolute Gasteiger partial charge is 0.105 e. The summed E-state index contributed by atoms with van der Waals surface area (Å²) in [5.74, 6) is 0. The molecule has 1 unspecified atom stereocenters. The average Bonchev–Trinajstić information content (AvgIpc) is 2.83. The minimum Gasteiger partial charge on any atom is -0.346 e. The van der Waals surface area contributed by atoms with Gasteiger partial charge >= 0.3 is 0 Å². The summed E-state index contributed by atoms with van der Waals surface area (Å²) in [6.45, 7) is 9.89. The van der Waals surface area contributed by atoms with Crippen molar-refractivity contribution in [1.82, 2.24) is 0 Å². The molecule has 0 saturated carbocycles. The van der Waals surface area contributed by atoms with Crippen LogP contribution < -0.4 is 5.32 Å². The van der Waals surface area contributed by atoms with Crippen molar-refractivity contribution in [2.45, 2.75) is 13.0 Å². The van der Waals surface area contributed by atoms with Gasteiger partial charge in [-0.1, -0.05) is 49.0 Å². The summed E-state index contributed by atoms with van der Waals surface area (Å²) in [5, 5.41) is 3.74. The lowest BCUT2D eigenvalue weighted by Crippen LogP contribution is -2.12. The predicted molar refractivity (Wildman–Crippen MR) is 94.4 cm³/mol. The van der Waals surface area contributed by atoms with Crippen molar-refractivity contribution in [3.05, 3.63) is 63.9 Å². The number of hydrogen-bond acceptors (Lipinski definition) is 3. The van der Waals surface area contributed by atoms with Crippen LogP contribution >= 0.6 is 22.9 Å². The van der Waals surface area contributed by atoms with Crippen molar-refractivity contribution >= 4 is 46.1 Å². The zero-order valence-corrected chi connectivity index (χ0v) is 13.3. The molecule has 1 aliphatic heterocycles. The van der Waals surface area contributed by atoms with E-state index < -0.39 is 0 Å². The number of halogens is 1. The fourth-order valence-electron chi connectivity index (χ4n) is 2.68. The summed E-state index contributed by atoms with van der Waals surface area (Å²) in [4.78, 5) is 6.81. The van der Waals surface area contributed by atoms with Crippen LogP contribution in [0.15, 0.2) is 42.4 Å². The Morgan fingerprint density at radius 3 is 2.90 bits per heavy atom. The molecule has 0 saturated heterocycles. The lowest BCUT2D eigenvalue weighted by Gasteiger charge is -2.22. The number of rotatable bonds is 3. The number of hydrogen-bond donors (Lipinski definition) is 1. The molecule has 106 valence electrons. The van der Waals surface area contributed by atoms with Crippen molar-refractivity contribution in [2.75, 3.05) is 5.32 Å². The second kappa shape index (κ2) is 5.51. The zero-order valence-electron chi connectivity index (χ0n) is 11.7. The molecule has 1 N–H and O–H groups in total. The van der Waals surface area contributed by atoms with Crippen molar-refractivity contribution < 1.29 is 0 Å². The number of aryl methyl sites for hydroxylation is 1. The number of nitrogens with one attached hydrogen (secondary N) is 1. The van der Waals surface area contributed by atoms with Gasteiger partial charge in [0.05, 0.1) is 16.2 Å². The predicted octanol–water partition coefficient (Wildman–Crippen LogP) is 5.45. The Bertz CT molecular complexity index is 758. The van der Waals surface area contributed by atoms with Crippen LogP contribution in [-0.4, -0.2) is 6.34 Å². The van der Waals surface area contributed by atoms with Crippen LogP contribution in [0.1, 0.15) is 32.5 Å². The lowest BCUT2D eigenvalue weighted by molar-refractivity contribution is 0.866. The molecule has 3 rings (SSSR count). The van der Waals surface area contributed by atoms with Gasteiger partial charge in [0.2, 0.25) is 0 Å². The summed E-state index contributed by atoms with van der Waals surface area (Å²) in [5.41, 5.74) is 4.45.